The Morgan fingerprint density at radius 2 is 1.97 bits per heavy atom. The molecular weight excluding hydrogens is 454 g/mol. The fourth-order valence-electron chi connectivity index (χ4n) is 4.99. The monoisotopic (exact) mass is 479 g/mol. The predicted octanol–water partition coefficient (Wildman–Crippen LogP) is 4.82. The van der Waals surface area contributed by atoms with Crippen LogP contribution >= 0.6 is 11.6 Å². The molecular formula is C26H26ClN3O4. The van der Waals surface area contributed by atoms with Crippen LogP contribution in [0.5, 0.6) is 11.5 Å². The lowest BCUT2D eigenvalue weighted by Crippen LogP contribution is -2.32. The molecule has 2 aromatic carbocycles. The Bertz CT molecular complexity index is 1380. The first-order valence-electron chi connectivity index (χ1n) is 11.2. The van der Waals surface area contributed by atoms with Crippen molar-refractivity contribution >= 4 is 22.6 Å². The van der Waals surface area contributed by atoms with E-state index in [9.17, 15) is 4.79 Å². The van der Waals surface area contributed by atoms with Gasteiger partial charge in [0.1, 0.15) is 28.2 Å². The zero-order valence-electron chi connectivity index (χ0n) is 19.3. The fraction of sp³-hybridized carbons (Fsp3) is 0.308. The van der Waals surface area contributed by atoms with Crippen LogP contribution in [-0.4, -0.2) is 48.3 Å². The number of methoxy groups -OCH3 is 2. The third-order valence-corrected chi connectivity index (χ3v) is 7.03. The van der Waals surface area contributed by atoms with Gasteiger partial charge in [-0.15, -0.1) is 0 Å². The summed E-state index contributed by atoms with van der Waals surface area (Å²) in [5.41, 5.74) is 1.83. The average Bonchev–Trinajstić information content (AvgIpc) is 3.48. The quantitative estimate of drug-likeness (QED) is 0.395. The number of likely N-dealkylation sites (tertiary alicyclic amines) is 1. The van der Waals surface area contributed by atoms with Crippen LogP contribution in [0.1, 0.15) is 17.9 Å². The Kier molecular flexibility index (Phi) is 6.06. The molecule has 7 nitrogen and oxygen atoms in total. The fourth-order valence-corrected chi connectivity index (χ4v) is 5.22. The van der Waals surface area contributed by atoms with E-state index >= 15 is 0 Å². The molecule has 3 heterocycles. The molecule has 2 unspecified atom stereocenters. The average molecular weight is 480 g/mol. The van der Waals surface area contributed by atoms with Gasteiger partial charge >= 0.3 is 0 Å². The third kappa shape index (κ3) is 3.85. The number of hydrogen-bond acceptors (Lipinski definition) is 6. The summed E-state index contributed by atoms with van der Waals surface area (Å²) in [4.78, 5) is 19.9. The van der Waals surface area contributed by atoms with Gasteiger partial charge in [0.2, 0.25) is 0 Å². The summed E-state index contributed by atoms with van der Waals surface area (Å²) in [6.07, 6.45) is 6.46. The predicted molar refractivity (Wildman–Crippen MR) is 132 cm³/mol. The third-order valence-electron chi connectivity index (χ3n) is 6.70. The van der Waals surface area contributed by atoms with Crippen molar-refractivity contribution in [1.82, 2.24) is 14.5 Å². The minimum absolute atomic E-state index is 0.0698. The van der Waals surface area contributed by atoms with E-state index in [1.54, 1.807) is 32.5 Å². The van der Waals surface area contributed by atoms with E-state index in [0.717, 1.165) is 25.1 Å². The number of ether oxygens (including phenoxy) is 2. The second-order valence-electron chi connectivity index (χ2n) is 8.56. The number of nitrogens with zero attached hydrogens (tertiary/aromatic N) is 3. The van der Waals surface area contributed by atoms with Crippen molar-refractivity contribution in [1.29, 1.82) is 0 Å². The van der Waals surface area contributed by atoms with Gasteiger partial charge in [0.05, 0.1) is 25.6 Å². The minimum atomic E-state index is -0.186. The van der Waals surface area contributed by atoms with Crippen LogP contribution < -0.4 is 14.9 Å². The van der Waals surface area contributed by atoms with E-state index in [1.807, 2.05) is 30.7 Å². The number of likely N-dealkylation sites (N-methyl/N-ethyl adjacent to an activating group) is 1. The van der Waals surface area contributed by atoms with Crippen molar-refractivity contribution in [3.05, 3.63) is 75.9 Å². The van der Waals surface area contributed by atoms with E-state index in [1.165, 1.54) is 6.07 Å². The number of benzene rings is 2. The first kappa shape index (κ1) is 22.5. The molecule has 1 aliphatic rings. The van der Waals surface area contributed by atoms with Crippen LogP contribution in [0.2, 0.25) is 5.02 Å². The summed E-state index contributed by atoms with van der Waals surface area (Å²) in [6.45, 7) is 1.67. The first-order chi connectivity index (χ1) is 16.5. The van der Waals surface area contributed by atoms with Crippen LogP contribution in [0.4, 0.5) is 0 Å². The normalized spacial score (nSPS) is 18.5. The van der Waals surface area contributed by atoms with Crippen molar-refractivity contribution in [2.75, 3.05) is 27.8 Å². The standard InChI is InChI=1S/C26H26ClN3O4/c1-29-10-8-17(19(29)14-30-11-9-28-15-30)24-22(32-2)13-23(33-3)25-20(31)12-21(34-26(24)25)16-6-4-5-7-18(16)27/h4-7,9,11-13,15,17,19H,8,10,14H2,1-3H3. The van der Waals surface area contributed by atoms with E-state index in [4.69, 9.17) is 25.5 Å². The molecule has 0 N–H and O–H groups in total. The lowest BCUT2D eigenvalue weighted by atomic mass is 9.88. The Morgan fingerprint density at radius 3 is 2.68 bits per heavy atom. The summed E-state index contributed by atoms with van der Waals surface area (Å²) in [5.74, 6) is 1.55. The Morgan fingerprint density at radius 1 is 1.18 bits per heavy atom. The summed E-state index contributed by atoms with van der Waals surface area (Å²) >= 11 is 6.44. The molecule has 8 heteroatoms. The molecule has 2 aromatic heterocycles. The zero-order chi connectivity index (χ0) is 23.8. The van der Waals surface area contributed by atoms with Crippen molar-refractivity contribution in [2.24, 2.45) is 0 Å². The summed E-state index contributed by atoms with van der Waals surface area (Å²) in [7, 11) is 5.29. The van der Waals surface area contributed by atoms with E-state index in [2.05, 4.69) is 21.5 Å². The van der Waals surface area contributed by atoms with E-state index in [0.29, 0.717) is 38.8 Å². The molecule has 5 rings (SSSR count). The highest BCUT2D eigenvalue weighted by Crippen LogP contribution is 2.45. The van der Waals surface area contributed by atoms with Crippen LogP contribution in [0.25, 0.3) is 22.3 Å². The van der Waals surface area contributed by atoms with Gasteiger partial charge in [0, 0.05) is 54.2 Å². The highest BCUT2D eigenvalue weighted by atomic mass is 35.5. The maximum atomic E-state index is 13.4. The molecule has 1 aliphatic heterocycles. The van der Waals surface area contributed by atoms with Crippen molar-refractivity contribution in [2.45, 2.75) is 24.9 Å². The largest absolute Gasteiger partial charge is 0.496 e. The van der Waals surface area contributed by atoms with Gasteiger partial charge in [-0.25, -0.2) is 4.98 Å². The maximum absolute atomic E-state index is 13.4. The van der Waals surface area contributed by atoms with Crippen LogP contribution in [0.3, 0.4) is 0 Å². The molecule has 1 saturated heterocycles. The second-order valence-corrected chi connectivity index (χ2v) is 8.96. The molecule has 0 aliphatic carbocycles. The van der Waals surface area contributed by atoms with Crippen LogP contribution in [0.15, 0.2) is 64.3 Å². The number of aromatic nitrogens is 2. The van der Waals surface area contributed by atoms with Gasteiger partial charge in [0.15, 0.2) is 5.43 Å². The van der Waals surface area contributed by atoms with Gasteiger partial charge in [0.25, 0.3) is 0 Å². The van der Waals surface area contributed by atoms with Gasteiger partial charge in [-0.3, -0.25) is 4.79 Å². The number of imidazole rings is 1. The van der Waals surface area contributed by atoms with Gasteiger partial charge in [-0.2, -0.15) is 0 Å². The molecule has 0 radical (unpaired) electrons. The second kappa shape index (κ2) is 9.16. The lowest BCUT2D eigenvalue weighted by molar-refractivity contribution is 0.266. The Labute approximate surface area is 202 Å². The molecule has 2 atom stereocenters. The topological polar surface area (TPSA) is 69.7 Å². The molecule has 176 valence electrons. The minimum Gasteiger partial charge on any atom is -0.496 e. The van der Waals surface area contributed by atoms with Crippen LogP contribution in [0, 0.1) is 0 Å². The lowest BCUT2D eigenvalue weighted by Gasteiger charge is -2.27. The van der Waals surface area contributed by atoms with Crippen LogP contribution in [-0.2, 0) is 6.54 Å². The first-order valence-corrected chi connectivity index (χ1v) is 11.5. The van der Waals surface area contributed by atoms with Crippen molar-refractivity contribution in [3.8, 4) is 22.8 Å². The summed E-state index contributed by atoms with van der Waals surface area (Å²) in [5, 5.41) is 0.921. The SMILES string of the molecule is COc1cc(OC)c2c(=O)cc(-c3ccccc3Cl)oc2c1C1CCN(C)C1Cn1ccnc1. The molecule has 0 spiro atoms. The summed E-state index contributed by atoms with van der Waals surface area (Å²) < 4.78 is 20.0. The highest BCUT2D eigenvalue weighted by Gasteiger charge is 2.37. The molecule has 1 fully saturated rings. The smallest absolute Gasteiger partial charge is 0.197 e. The molecule has 0 bridgehead atoms. The number of hydrogen-bond donors (Lipinski definition) is 0. The zero-order valence-corrected chi connectivity index (χ0v) is 20.1. The van der Waals surface area contributed by atoms with Crippen molar-refractivity contribution < 1.29 is 13.9 Å². The van der Waals surface area contributed by atoms with Gasteiger partial charge in [-0.1, -0.05) is 23.7 Å². The number of halogens is 1. The van der Waals surface area contributed by atoms with Crippen molar-refractivity contribution in [3.63, 3.8) is 0 Å². The molecule has 34 heavy (non-hydrogen) atoms. The van der Waals surface area contributed by atoms with Gasteiger partial charge in [-0.05, 0) is 32.1 Å². The Hall–Kier alpha value is -3.29. The molecule has 0 saturated carbocycles. The maximum Gasteiger partial charge on any atom is 0.197 e. The van der Waals surface area contributed by atoms with Gasteiger partial charge < -0.3 is 23.4 Å². The number of rotatable bonds is 6. The van der Waals surface area contributed by atoms with E-state index in [-0.39, 0.29) is 17.4 Å². The van der Waals surface area contributed by atoms with E-state index < -0.39 is 0 Å². The molecule has 0 amide bonds. The Balaban J connectivity index is 1.76. The highest BCUT2D eigenvalue weighted by molar-refractivity contribution is 6.33. The summed E-state index contributed by atoms with van der Waals surface area (Å²) in [6, 6.07) is 10.8. The molecule has 4 aromatic rings. The number of fused-ring (bicyclic) bond motifs is 1.